The third-order valence-electron chi connectivity index (χ3n) is 2.94. The van der Waals surface area contributed by atoms with Crippen LogP contribution >= 0.6 is 11.8 Å². The average molecular weight is 276 g/mol. The van der Waals surface area contributed by atoms with E-state index in [4.69, 9.17) is 9.47 Å². The molecule has 5 nitrogen and oxygen atoms in total. The number of esters is 2. The van der Waals surface area contributed by atoms with Gasteiger partial charge in [0.25, 0.3) is 0 Å². The molecular formula is C12H20O5S. The Balaban J connectivity index is 2.87. The molecule has 0 saturated carbocycles. The Morgan fingerprint density at radius 3 is 2.00 bits per heavy atom. The van der Waals surface area contributed by atoms with Gasteiger partial charge in [0.1, 0.15) is 0 Å². The maximum Gasteiger partial charge on any atom is 0.323 e. The van der Waals surface area contributed by atoms with Gasteiger partial charge < -0.3 is 14.6 Å². The van der Waals surface area contributed by atoms with Crippen molar-refractivity contribution in [2.75, 3.05) is 24.7 Å². The lowest BCUT2D eigenvalue weighted by Gasteiger charge is -2.35. The molecule has 6 heteroatoms. The van der Waals surface area contributed by atoms with Crippen molar-refractivity contribution < 1.29 is 24.2 Å². The second-order valence-corrected chi connectivity index (χ2v) is 5.38. The van der Waals surface area contributed by atoms with Crippen molar-refractivity contribution in [3.05, 3.63) is 0 Å². The minimum atomic E-state index is -1.33. The van der Waals surface area contributed by atoms with Crippen LogP contribution in [-0.4, -0.2) is 47.4 Å². The molecule has 0 aromatic rings. The topological polar surface area (TPSA) is 72.8 Å². The molecule has 0 amide bonds. The van der Waals surface area contributed by atoms with Crippen LogP contribution in [-0.2, 0) is 19.1 Å². The molecule has 0 aromatic carbocycles. The summed E-state index contributed by atoms with van der Waals surface area (Å²) in [4.78, 5) is 23.7. The first-order valence-corrected chi connectivity index (χ1v) is 7.34. The maximum absolute atomic E-state index is 11.9. The molecule has 0 spiro atoms. The molecule has 1 fully saturated rings. The van der Waals surface area contributed by atoms with E-state index < -0.39 is 23.5 Å². The summed E-state index contributed by atoms with van der Waals surface area (Å²) >= 11 is 1.70. The van der Waals surface area contributed by atoms with Crippen molar-refractivity contribution >= 4 is 23.7 Å². The Kier molecular flexibility index (Phi) is 5.95. The number of thioether (sulfide) groups is 1. The normalized spacial score (nSPS) is 18.4. The van der Waals surface area contributed by atoms with Crippen LogP contribution in [0.3, 0.4) is 0 Å². The monoisotopic (exact) mass is 276 g/mol. The van der Waals surface area contributed by atoms with Gasteiger partial charge in [-0.3, -0.25) is 9.59 Å². The summed E-state index contributed by atoms with van der Waals surface area (Å²) in [5, 5.41) is 10.5. The number of hydrogen-bond acceptors (Lipinski definition) is 6. The maximum atomic E-state index is 11.9. The van der Waals surface area contributed by atoms with Crippen LogP contribution in [0.2, 0.25) is 0 Å². The van der Waals surface area contributed by atoms with Crippen LogP contribution in [0.15, 0.2) is 0 Å². The molecule has 1 aliphatic rings. The van der Waals surface area contributed by atoms with E-state index in [9.17, 15) is 14.7 Å². The first kappa shape index (κ1) is 15.3. The standard InChI is InChI=1S/C12H20O5S/c1-3-16-10(13)9(11(14)17-4-2)12(15)5-7-18-8-6-12/h9,15H,3-8H2,1-2H3. The number of hydrogen-bond donors (Lipinski definition) is 1. The predicted molar refractivity (Wildman–Crippen MR) is 68.3 cm³/mol. The molecule has 1 N–H and O–H groups in total. The fraction of sp³-hybridized carbons (Fsp3) is 0.833. The Bertz CT molecular complexity index is 281. The molecule has 18 heavy (non-hydrogen) atoms. The molecule has 0 unspecified atom stereocenters. The largest absolute Gasteiger partial charge is 0.465 e. The Morgan fingerprint density at radius 1 is 1.17 bits per heavy atom. The van der Waals surface area contributed by atoms with E-state index in [0.717, 1.165) is 11.5 Å². The lowest BCUT2D eigenvalue weighted by molar-refractivity contribution is -0.175. The summed E-state index contributed by atoms with van der Waals surface area (Å²) in [6, 6.07) is 0. The highest BCUT2D eigenvalue weighted by Gasteiger charge is 2.48. The minimum absolute atomic E-state index is 0.180. The first-order chi connectivity index (χ1) is 8.55. The van der Waals surface area contributed by atoms with Crippen LogP contribution in [0, 0.1) is 5.92 Å². The van der Waals surface area contributed by atoms with Crippen molar-refractivity contribution in [3.63, 3.8) is 0 Å². The first-order valence-electron chi connectivity index (χ1n) is 6.18. The zero-order valence-corrected chi connectivity index (χ0v) is 11.6. The zero-order chi connectivity index (χ0) is 13.6. The molecule has 0 radical (unpaired) electrons. The lowest BCUT2D eigenvalue weighted by atomic mass is 9.82. The summed E-state index contributed by atoms with van der Waals surface area (Å²) in [7, 11) is 0. The summed E-state index contributed by atoms with van der Waals surface area (Å²) in [6.07, 6.45) is 0.805. The lowest BCUT2D eigenvalue weighted by Crippen LogP contribution is -2.50. The van der Waals surface area contributed by atoms with Crippen molar-refractivity contribution in [3.8, 4) is 0 Å². The number of rotatable bonds is 5. The van der Waals surface area contributed by atoms with Crippen molar-refractivity contribution in [2.24, 2.45) is 5.92 Å². The Morgan fingerprint density at radius 2 is 1.61 bits per heavy atom. The van der Waals surface area contributed by atoms with Gasteiger partial charge in [-0.15, -0.1) is 0 Å². The molecule has 0 atom stereocenters. The van der Waals surface area contributed by atoms with Gasteiger partial charge in [-0.25, -0.2) is 0 Å². The second-order valence-electron chi connectivity index (χ2n) is 4.15. The van der Waals surface area contributed by atoms with Gasteiger partial charge >= 0.3 is 11.9 Å². The van der Waals surface area contributed by atoms with Gasteiger partial charge in [0.15, 0.2) is 5.92 Å². The van der Waals surface area contributed by atoms with Crippen LogP contribution < -0.4 is 0 Å². The van der Waals surface area contributed by atoms with Gasteiger partial charge in [-0.05, 0) is 38.2 Å². The minimum Gasteiger partial charge on any atom is -0.465 e. The molecule has 1 aliphatic heterocycles. The highest BCUT2D eigenvalue weighted by molar-refractivity contribution is 7.99. The zero-order valence-electron chi connectivity index (χ0n) is 10.8. The van der Waals surface area contributed by atoms with Gasteiger partial charge in [0.05, 0.1) is 18.8 Å². The van der Waals surface area contributed by atoms with E-state index in [2.05, 4.69) is 0 Å². The third-order valence-corrected chi connectivity index (χ3v) is 3.93. The van der Waals surface area contributed by atoms with E-state index >= 15 is 0 Å². The molecule has 0 bridgehead atoms. The van der Waals surface area contributed by atoms with Gasteiger partial charge in [-0.1, -0.05) is 0 Å². The van der Waals surface area contributed by atoms with Crippen molar-refractivity contribution in [1.29, 1.82) is 0 Å². The smallest absolute Gasteiger partial charge is 0.323 e. The fourth-order valence-electron chi connectivity index (χ4n) is 2.00. The molecule has 1 heterocycles. The number of carbonyl (C=O) groups excluding carboxylic acids is 2. The highest BCUT2D eigenvalue weighted by atomic mass is 32.2. The molecule has 0 aromatic heterocycles. The fourth-order valence-corrected chi connectivity index (χ4v) is 3.20. The second kappa shape index (κ2) is 6.99. The summed E-state index contributed by atoms with van der Waals surface area (Å²) in [6.45, 7) is 3.70. The van der Waals surface area contributed by atoms with Gasteiger partial charge in [-0.2, -0.15) is 11.8 Å². The van der Waals surface area contributed by atoms with Crippen LogP contribution in [0.4, 0.5) is 0 Å². The van der Waals surface area contributed by atoms with E-state index in [1.165, 1.54) is 0 Å². The highest BCUT2D eigenvalue weighted by Crippen LogP contribution is 2.34. The van der Waals surface area contributed by atoms with E-state index in [-0.39, 0.29) is 13.2 Å². The Labute approximate surface area is 111 Å². The van der Waals surface area contributed by atoms with Gasteiger partial charge in [0.2, 0.25) is 0 Å². The van der Waals surface area contributed by atoms with E-state index in [0.29, 0.717) is 12.8 Å². The molecular weight excluding hydrogens is 256 g/mol. The summed E-state index contributed by atoms with van der Waals surface area (Å²) in [5.41, 5.74) is -1.33. The van der Waals surface area contributed by atoms with Crippen molar-refractivity contribution in [2.45, 2.75) is 32.3 Å². The quantitative estimate of drug-likeness (QED) is 0.596. The average Bonchev–Trinajstić information content (AvgIpc) is 2.30. The predicted octanol–water partition coefficient (Wildman–Crippen LogP) is 0.987. The Hall–Kier alpha value is -0.750. The van der Waals surface area contributed by atoms with Gasteiger partial charge in [0, 0.05) is 0 Å². The SMILES string of the molecule is CCOC(=O)C(C(=O)OCC)C1(O)CCSCC1. The van der Waals surface area contributed by atoms with Crippen LogP contribution in [0.1, 0.15) is 26.7 Å². The van der Waals surface area contributed by atoms with E-state index in [1.54, 1.807) is 25.6 Å². The molecule has 0 aliphatic carbocycles. The summed E-state index contributed by atoms with van der Waals surface area (Å²) in [5.74, 6) is -1.15. The number of aliphatic hydroxyl groups is 1. The van der Waals surface area contributed by atoms with Crippen LogP contribution in [0.25, 0.3) is 0 Å². The molecule has 1 saturated heterocycles. The van der Waals surface area contributed by atoms with Crippen LogP contribution in [0.5, 0.6) is 0 Å². The number of ether oxygens (including phenoxy) is 2. The molecule has 1 rings (SSSR count). The van der Waals surface area contributed by atoms with E-state index in [1.807, 2.05) is 0 Å². The number of carbonyl (C=O) groups is 2. The third kappa shape index (κ3) is 3.62. The van der Waals surface area contributed by atoms with Crippen molar-refractivity contribution in [1.82, 2.24) is 0 Å². The summed E-state index contributed by atoms with van der Waals surface area (Å²) < 4.78 is 9.77. The molecule has 104 valence electrons.